The SMILES string of the molecule is CC(=O)OCc1ccc(NC(=O)[C@H](CO)NC(=O)[C@H](CO)NC(=O)[C@@H]2CCCN2C(=O)CCN2C(=O)C=CC2=O)cc1. The van der Waals surface area contributed by atoms with E-state index in [-0.39, 0.29) is 26.1 Å². The molecule has 0 spiro atoms. The number of imide groups is 1. The van der Waals surface area contributed by atoms with E-state index < -0.39 is 72.8 Å². The van der Waals surface area contributed by atoms with E-state index in [1.54, 1.807) is 12.1 Å². The molecule has 2 aliphatic heterocycles. The first-order chi connectivity index (χ1) is 20.0. The Hall–Kier alpha value is -4.63. The number of hydrogen-bond donors (Lipinski definition) is 5. The van der Waals surface area contributed by atoms with Crippen LogP contribution in [0.1, 0.15) is 31.7 Å². The second-order valence-electron chi connectivity index (χ2n) is 9.61. The summed E-state index contributed by atoms with van der Waals surface area (Å²) in [5.74, 6) is -4.35. The van der Waals surface area contributed by atoms with Gasteiger partial charge in [0.15, 0.2) is 0 Å². The molecule has 15 nitrogen and oxygen atoms in total. The number of carbonyl (C=O) groups excluding carboxylic acids is 7. The van der Waals surface area contributed by atoms with Gasteiger partial charge in [-0.05, 0) is 30.5 Å². The summed E-state index contributed by atoms with van der Waals surface area (Å²) in [5, 5.41) is 26.6. The summed E-state index contributed by atoms with van der Waals surface area (Å²) in [6.45, 7) is -0.160. The van der Waals surface area contributed by atoms with Crippen molar-refractivity contribution in [3.8, 4) is 0 Å². The normalized spacial score (nSPS) is 17.5. The second-order valence-corrected chi connectivity index (χ2v) is 9.61. The zero-order valence-corrected chi connectivity index (χ0v) is 22.9. The van der Waals surface area contributed by atoms with E-state index in [0.29, 0.717) is 24.1 Å². The number of nitrogens with zero attached hydrogens (tertiary/aromatic N) is 2. The highest BCUT2D eigenvalue weighted by molar-refractivity contribution is 6.13. The molecule has 0 unspecified atom stereocenters. The van der Waals surface area contributed by atoms with E-state index >= 15 is 0 Å². The number of hydrogen-bond acceptors (Lipinski definition) is 10. The minimum absolute atomic E-state index is 0.0538. The van der Waals surface area contributed by atoms with E-state index in [0.717, 1.165) is 17.1 Å². The largest absolute Gasteiger partial charge is 0.461 e. The molecule has 5 N–H and O–H groups in total. The maximum absolute atomic E-state index is 13.0. The molecular formula is C27H33N5O10. The number of aliphatic hydroxyl groups is 2. The first-order valence-corrected chi connectivity index (χ1v) is 13.2. The van der Waals surface area contributed by atoms with Gasteiger partial charge in [-0.2, -0.15) is 0 Å². The van der Waals surface area contributed by atoms with Crippen molar-refractivity contribution < 1.29 is 48.5 Å². The lowest BCUT2D eigenvalue weighted by Gasteiger charge is -2.27. The Morgan fingerprint density at radius 3 is 2.17 bits per heavy atom. The molecule has 1 aromatic carbocycles. The van der Waals surface area contributed by atoms with Crippen LogP contribution in [0, 0.1) is 0 Å². The van der Waals surface area contributed by atoms with E-state index in [9.17, 15) is 43.8 Å². The molecule has 3 atom stereocenters. The number of nitrogens with one attached hydrogen (secondary N) is 3. The van der Waals surface area contributed by atoms with Crippen LogP contribution in [-0.2, 0) is 44.9 Å². The molecule has 1 aromatic rings. The molecule has 3 rings (SSSR count). The van der Waals surface area contributed by atoms with Crippen LogP contribution < -0.4 is 16.0 Å². The molecular weight excluding hydrogens is 554 g/mol. The van der Waals surface area contributed by atoms with Crippen LogP contribution in [0.15, 0.2) is 36.4 Å². The molecule has 0 bridgehead atoms. The number of likely N-dealkylation sites (tertiary alicyclic amines) is 1. The molecule has 226 valence electrons. The molecule has 2 aliphatic rings. The molecule has 1 saturated heterocycles. The van der Waals surface area contributed by atoms with Crippen LogP contribution in [0.4, 0.5) is 5.69 Å². The number of aliphatic hydroxyl groups excluding tert-OH is 2. The van der Waals surface area contributed by atoms with Gasteiger partial charge in [-0.15, -0.1) is 0 Å². The summed E-state index contributed by atoms with van der Waals surface area (Å²) >= 11 is 0. The Bertz CT molecular complexity index is 1230. The van der Waals surface area contributed by atoms with Crippen molar-refractivity contribution in [2.24, 2.45) is 0 Å². The van der Waals surface area contributed by atoms with Gasteiger partial charge < -0.3 is 35.8 Å². The highest BCUT2D eigenvalue weighted by Crippen LogP contribution is 2.19. The van der Waals surface area contributed by atoms with Crippen LogP contribution in [0.2, 0.25) is 0 Å². The Labute approximate surface area is 240 Å². The molecule has 0 aromatic heterocycles. The zero-order valence-electron chi connectivity index (χ0n) is 22.9. The summed E-state index contributed by atoms with van der Waals surface area (Å²) < 4.78 is 4.89. The first kappa shape index (κ1) is 31.9. The summed E-state index contributed by atoms with van der Waals surface area (Å²) in [5.41, 5.74) is 1.01. The average molecular weight is 588 g/mol. The highest BCUT2D eigenvalue weighted by atomic mass is 16.5. The maximum atomic E-state index is 13.0. The van der Waals surface area contributed by atoms with Crippen molar-refractivity contribution >= 4 is 47.1 Å². The lowest BCUT2D eigenvalue weighted by Crippen LogP contribution is -2.57. The van der Waals surface area contributed by atoms with Crippen molar-refractivity contribution in [3.63, 3.8) is 0 Å². The Balaban J connectivity index is 1.52. The summed E-state index contributed by atoms with van der Waals surface area (Å²) in [6.07, 6.45) is 2.82. The Kier molecular flexibility index (Phi) is 11.3. The lowest BCUT2D eigenvalue weighted by atomic mass is 10.1. The predicted molar refractivity (Wildman–Crippen MR) is 144 cm³/mol. The molecule has 0 aliphatic carbocycles. The number of ether oxygens (including phenoxy) is 1. The number of amides is 6. The zero-order chi connectivity index (χ0) is 30.8. The smallest absolute Gasteiger partial charge is 0.302 e. The van der Waals surface area contributed by atoms with Crippen molar-refractivity contribution in [2.45, 2.75) is 50.9 Å². The molecule has 42 heavy (non-hydrogen) atoms. The molecule has 0 saturated carbocycles. The highest BCUT2D eigenvalue weighted by Gasteiger charge is 2.36. The standard InChI is InChI=1S/C27H33N5O10/c1-16(35)42-15-17-4-6-18(7-5-17)28-25(39)19(13-33)29-26(40)20(14-34)30-27(41)21-3-2-11-31(21)24(38)10-12-32-22(36)8-9-23(32)37/h4-9,19-21,33-34H,2-3,10-15H2,1H3,(H,28,39)(H,29,40)(H,30,41)/t19-,20-,21-/m0/s1. The van der Waals surface area contributed by atoms with Gasteiger partial charge >= 0.3 is 5.97 Å². The summed E-state index contributed by atoms with van der Waals surface area (Å²) in [4.78, 5) is 87.7. The molecule has 6 amide bonds. The summed E-state index contributed by atoms with van der Waals surface area (Å²) in [7, 11) is 0. The number of carbonyl (C=O) groups is 7. The third kappa shape index (κ3) is 8.44. The fourth-order valence-corrected chi connectivity index (χ4v) is 4.37. The Morgan fingerprint density at radius 2 is 1.57 bits per heavy atom. The first-order valence-electron chi connectivity index (χ1n) is 13.2. The second kappa shape index (κ2) is 14.8. The minimum Gasteiger partial charge on any atom is -0.461 e. The van der Waals surface area contributed by atoms with Gasteiger partial charge in [0.05, 0.1) is 13.2 Å². The van der Waals surface area contributed by atoms with Crippen molar-refractivity contribution in [1.29, 1.82) is 0 Å². The monoisotopic (exact) mass is 587 g/mol. The fraction of sp³-hybridized carbons (Fsp3) is 0.444. The molecule has 1 fully saturated rings. The molecule has 0 radical (unpaired) electrons. The molecule has 2 heterocycles. The van der Waals surface area contributed by atoms with Crippen molar-refractivity contribution in [2.75, 3.05) is 31.6 Å². The van der Waals surface area contributed by atoms with Gasteiger partial charge in [-0.3, -0.25) is 38.5 Å². The molecule has 15 heteroatoms. The van der Waals surface area contributed by atoms with E-state index in [1.165, 1.54) is 24.0 Å². The van der Waals surface area contributed by atoms with Gasteiger partial charge in [-0.25, -0.2) is 0 Å². The van der Waals surface area contributed by atoms with Crippen LogP contribution in [0.3, 0.4) is 0 Å². The van der Waals surface area contributed by atoms with Crippen LogP contribution in [0.5, 0.6) is 0 Å². The Morgan fingerprint density at radius 1 is 0.952 bits per heavy atom. The number of rotatable bonds is 13. The van der Waals surface area contributed by atoms with Gasteiger partial charge in [0, 0.05) is 44.3 Å². The predicted octanol–water partition coefficient (Wildman–Crippen LogP) is -2.05. The van der Waals surface area contributed by atoms with Gasteiger partial charge in [0.1, 0.15) is 24.7 Å². The topological polar surface area (TPSA) is 212 Å². The average Bonchev–Trinajstić information content (AvgIpc) is 3.59. The van der Waals surface area contributed by atoms with Crippen LogP contribution >= 0.6 is 0 Å². The minimum atomic E-state index is -1.48. The number of esters is 1. The van der Waals surface area contributed by atoms with Gasteiger partial charge in [0.25, 0.3) is 11.8 Å². The van der Waals surface area contributed by atoms with Crippen LogP contribution in [-0.4, -0.2) is 106 Å². The summed E-state index contributed by atoms with van der Waals surface area (Å²) in [6, 6.07) is 2.46. The number of anilines is 1. The van der Waals surface area contributed by atoms with E-state index in [4.69, 9.17) is 4.74 Å². The quantitative estimate of drug-likeness (QED) is 0.126. The van der Waals surface area contributed by atoms with Crippen molar-refractivity contribution in [3.05, 3.63) is 42.0 Å². The van der Waals surface area contributed by atoms with Gasteiger partial charge in [0.2, 0.25) is 23.6 Å². The van der Waals surface area contributed by atoms with Crippen molar-refractivity contribution in [1.82, 2.24) is 20.4 Å². The fourth-order valence-electron chi connectivity index (χ4n) is 4.37. The van der Waals surface area contributed by atoms with E-state index in [2.05, 4.69) is 16.0 Å². The van der Waals surface area contributed by atoms with Gasteiger partial charge in [-0.1, -0.05) is 12.1 Å². The number of benzene rings is 1. The van der Waals surface area contributed by atoms with Crippen LogP contribution in [0.25, 0.3) is 0 Å². The van der Waals surface area contributed by atoms with E-state index in [1.807, 2.05) is 0 Å². The maximum Gasteiger partial charge on any atom is 0.302 e. The third-order valence-corrected chi connectivity index (χ3v) is 6.62. The lowest BCUT2D eigenvalue weighted by molar-refractivity contribution is -0.143. The third-order valence-electron chi connectivity index (χ3n) is 6.62.